The van der Waals surface area contributed by atoms with Crippen molar-refractivity contribution in [1.29, 1.82) is 0 Å². The first kappa shape index (κ1) is 16.6. The van der Waals surface area contributed by atoms with Crippen molar-refractivity contribution in [2.45, 2.75) is 37.7 Å². The van der Waals surface area contributed by atoms with Crippen LogP contribution in [0.4, 0.5) is 0 Å². The second-order valence-corrected chi connectivity index (χ2v) is 9.21. The molecule has 0 saturated carbocycles. The molecule has 1 N–H and O–H groups in total. The minimum absolute atomic E-state index is 0.199. The van der Waals surface area contributed by atoms with Crippen molar-refractivity contribution in [3.63, 3.8) is 0 Å². The van der Waals surface area contributed by atoms with E-state index in [1.807, 2.05) is 18.2 Å². The molecule has 6 heteroatoms. The van der Waals surface area contributed by atoms with E-state index in [-0.39, 0.29) is 12.1 Å². The zero-order chi connectivity index (χ0) is 16.4. The highest BCUT2D eigenvalue weighted by molar-refractivity contribution is 7.90. The quantitative estimate of drug-likeness (QED) is 0.896. The Kier molecular flexibility index (Phi) is 4.87. The predicted octanol–water partition coefficient (Wildman–Crippen LogP) is 3.57. The van der Waals surface area contributed by atoms with Gasteiger partial charge in [0.1, 0.15) is 0 Å². The van der Waals surface area contributed by atoms with Crippen molar-refractivity contribution in [3.05, 3.63) is 47.3 Å². The lowest BCUT2D eigenvalue weighted by Crippen LogP contribution is -2.40. The van der Waals surface area contributed by atoms with Crippen LogP contribution in [0.15, 0.2) is 41.8 Å². The standard InChI is InChI=1S/C17H21NO3S2/c1-12(2)23(19,20)18-15-9-10-21-17(15)14-7-5-13(6-8-14)16-4-3-11-22-16/h3-8,11-12,15,17-18H,9-10H2,1-2H3. The minimum Gasteiger partial charge on any atom is -0.372 e. The van der Waals surface area contributed by atoms with Crippen LogP contribution in [0.3, 0.4) is 0 Å². The van der Waals surface area contributed by atoms with Gasteiger partial charge in [-0.15, -0.1) is 11.3 Å². The van der Waals surface area contributed by atoms with Gasteiger partial charge in [0.15, 0.2) is 0 Å². The zero-order valence-corrected chi connectivity index (χ0v) is 14.9. The maximum atomic E-state index is 12.1. The molecule has 0 aliphatic carbocycles. The first-order valence-electron chi connectivity index (χ1n) is 7.74. The molecule has 4 nitrogen and oxygen atoms in total. The van der Waals surface area contributed by atoms with Gasteiger partial charge in [0.05, 0.1) is 17.4 Å². The molecule has 124 valence electrons. The van der Waals surface area contributed by atoms with Crippen molar-refractivity contribution in [1.82, 2.24) is 4.72 Å². The monoisotopic (exact) mass is 351 g/mol. The minimum atomic E-state index is -3.29. The van der Waals surface area contributed by atoms with Crippen LogP contribution in [0, 0.1) is 0 Å². The van der Waals surface area contributed by atoms with Crippen molar-refractivity contribution in [2.24, 2.45) is 0 Å². The lowest BCUT2D eigenvalue weighted by Gasteiger charge is -2.21. The lowest BCUT2D eigenvalue weighted by atomic mass is 10.0. The van der Waals surface area contributed by atoms with Crippen LogP contribution in [0.1, 0.15) is 31.9 Å². The van der Waals surface area contributed by atoms with Gasteiger partial charge in [0, 0.05) is 11.5 Å². The Balaban J connectivity index is 1.78. The molecule has 1 fully saturated rings. The van der Waals surface area contributed by atoms with Crippen molar-refractivity contribution >= 4 is 21.4 Å². The topological polar surface area (TPSA) is 55.4 Å². The molecule has 2 aromatic rings. The number of thiophene rings is 1. The van der Waals surface area contributed by atoms with Crippen LogP contribution >= 0.6 is 11.3 Å². The Morgan fingerprint density at radius 1 is 1.22 bits per heavy atom. The molecule has 0 spiro atoms. The fraction of sp³-hybridized carbons (Fsp3) is 0.412. The Bertz CT molecular complexity index is 737. The van der Waals surface area contributed by atoms with E-state index in [0.29, 0.717) is 13.0 Å². The van der Waals surface area contributed by atoms with E-state index < -0.39 is 15.3 Å². The van der Waals surface area contributed by atoms with Crippen molar-refractivity contribution < 1.29 is 13.2 Å². The molecule has 0 bridgehead atoms. The van der Waals surface area contributed by atoms with E-state index >= 15 is 0 Å². The fourth-order valence-corrected chi connectivity index (χ4v) is 4.33. The summed E-state index contributed by atoms with van der Waals surface area (Å²) in [5, 5.41) is 1.62. The molecule has 3 rings (SSSR count). The molecule has 1 saturated heterocycles. The molecular formula is C17H21NO3S2. The highest BCUT2D eigenvalue weighted by Gasteiger charge is 2.33. The van der Waals surface area contributed by atoms with Crippen molar-refractivity contribution in [2.75, 3.05) is 6.61 Å². The summed E-state index contributed by atoms with van der Waals surface area (Å²) in [6.45, 7) is 3.94. The SMILES string of the molecule is CC(C)S(=O)(=O)NC1CCOC1c1ccc(-c2cccs2)cc1. The van der Waals surface area contributed by atoms with E-state index in [9.17, 15) is 8.42 Å². The first-order chi connectivity index (χ1) is 11.0. The van der Waals surface area contributed by atoms with E-state index in [0.717, 1.165) is 5.56 Å². The first-order valence-corrected chi connectivity index (χ1v) is 10.2. The molecule has 23 heavy (non-hydrogen) atoms. The molecule has 1 aromatic carbocycles. The molecule has 0 amide bonds. The molecule has 0 radical (unpaired) electrons. The molecule has 2 atom stereocenters. The number of hydrogen-bond acceptors (Lipinski definition) is 4. The molecule has 2 heterocycles. The Morgan fingerprint density at radius 3 is 2.57 bits per heavy atom. The predicted molar refractivity (Wildman–Crippen MR) is 94.0 cm³/mol. The molecule has 1 aliphatic rings. The van der Waals surface area contributed by atoms with E-state index in [1.165, 1.54) is 10.4 Å². The number of sulfonamides is 1. The molecule has 1 aromatic heterocycles. The van der Waals surface area contributed by atoms with Crippen LogP contribution in [-0.4, -0.2) is 26.3 Å². The van der Waals surface area contributed by atoms with Crippen LogP contribution in [0.25, 0.3) is 10.4 Å². The lowest BCUT2D eigenvalue weighted by molar-refractivity contribution is 0.102. The van der Waals surface area contributed by atoms with Gasteiger partial charge in [-0.3, -0.25) is 0 Å². The van der Waals surface area contributed by atoms with Gasteiger partial charge >= 0.3 is 0 Å². The Morgan fingerprint density at radius 2 is 1.96 bits per heavy atom. The zero-order valence-electron chi connectivity index (χ0n) is 13.2. The summed E-state index contributed by atoms with van der Waals surface area (Å²) < 4.78 is 32.8. The fourth-order valence-electron chi connectivity index (χ4n) is 2.67. The summed E-state index contributed by atoms with van der Waals surface area (Å²) >= 11 is 1.70. The number of rotatable bonds is 5. The second kappa shape index (κ2) is 6.73. The maximum absolute atomic E-state index is 12.1. The van der Waals surface area contributed by atoms with E-state index in [1.54, 1.807) is 25.2 Å². The molecular weight excluding hydrogens is 330 g/mol. The van der Waals surface area contributed by atoms with Crippen LogP contribution in [0.5, 0.6) is 0 Å². The van der Waals surface area contributed by atoms with Crippen LogP contribution in [0.2, 0.25) is 0 Å². The number of benzene rings is 1. The van der Waals surface area contributed by atoms with Gasteiger partial charge in [-0.05, 0) is 42.8 Å². The van der Waals surface area contributed by atoms with Gasteiger partial charge < -0.3 is 4.74 Å². The molecule has 1 aliphatic heterocycles. The van der Waals surface area contributed by atoms with Gasteiger partial charge in [-0.1, -0.05) is 30.3 Å². The Hall–Kier alpha value is -1.21. The Labute approximate surface area is 141 Å². The third kappa shape index (κ3) is 3.66. The molecule has 2 unspecified atom stereocenters. The smallest absolute Gasteiger partial charge is 0.214 e. The summed E-state index contributed by atoms with van der Waals surface area (Å²) in [6.07, 6.45) is 0.476. The average molecular weight is 351 g/mol. The van der Waals surface area contributed by atoms with Crippen LogP contribution in [-0.2, 0) is 14.8 Å². The van der Waals surface area contributed by atoms with E-state index in [4.69, 9.17) is 4.74 Å². The summed E-state index contributed by atoms with van der Waals surface area (Å²) in [7, 11) is -3.29. The third-order valence-electron chi connectivity index (χ3n) is 4.07. The van der Waals surface area contributed by atoms with Crippen molar-refractivity contribution in [3.8, 4) is 10.4 Å². The summed E-state index contributed by atoms with van der Waals surface area (Å²) in [6, 6.07) is 12.1. The largest absolute Gasteiger partial charge is 0.372 e. The highest BCUT2D eigenvalue weighted by atomic mass is 32.2. The number of hydrogen-bond donors (Lipinski definition) is 1. The second-order valence-electron chi connectivity index (χ2n) is 6.00. The van der Waals surface area contributed by atoms with Gasteiger partial charge in [-0.25, -0.2) is 13.1 Å². The maximum Gasteiger partial charge on any atom is 0.214 e. The van der Waals surface area contributed by atoms with E-state index in [2.05, 4.69) is 28.3 Å². The summed E-state index contributed by atoms with van der Waals surface area (Å²) in [5.74, 6) is 0. The normalized spacial score (nSPS) is 21.9. The summed E-state index contributed by atoms with van der Waals surface area (Å²) in [5.41, 5.74) is 2.18. The number of nitrogens with one attached hydrogen (secondary N) is 1. The third-order valence-corrected chi connectivity index (χ3v) is 6.86. The van der Waals surface area contributed by atoms with Crippen LogP contribution < -0.4 is 4.72 Å². The van der Waals surface area contributed by atoms with Gasteiger partial charge in [0.2, 0.25) is 10.0 Å². The summed E-state index contributed by atoms with van der Waals surface area (Å²) in [4.78, 5) is 1.22. The number of ether oxygens (including phenoxy) is 1. The highest BCUT2D eigenvalue weighted by Crippen LogP contribution is 2.32. The average Bonchev–Trinajstić information content (AvgIpc) is 3.18. The van der Waals surface area contributed by atoms with Gasteiger partial charge in [-0.2, -0.15) is 0 Å². The van der Waals surface area contributed by atoms with Gasteiger partial charge in [0.25, 0.3) is 0 Å².